The molecule has 2 heterocycles. The van der Waals surface area contributed by atoms with Gasteiger partial charge in [0.1, 0.15) is 6.10 Å². The van der Waals surface area contributed by atoms with Gasteiger partial charge in [-0.25, -0.2) is 0 Å². The van der Waals surface area contributed by atoms with Crippen LogP contribution in [0.2, 0.25) is 0 Å². The third-order valence-electron chi connectivity index (χ3n) is 7.79. The number of nitrogens with zero attached hydrogens (tertiary/aromatic N) is 1. The lowest BCUT2D eigenvalue weighted by atomic mass is 9.53. The van der Waals surface area contributed by atoms with Crippen LogP contribution in [0.1, 0.15) is 23.1 Å². The largest absolute Gasteiger partial charge is 0.493 e. The molecule has 5 atom stereocenters. The molecule has 0 amide bonds. The number of piperidine rings is 1. The van der Waals surface area contributed by atoms with Crippen molar-refractivity contribution in [2.24, 2.45) is 5.92 Å². The predicted molar refractivity (Wildman–Crippen MR) is 131 cm³/mol. The molecule has 166 valence electrons. The second-order valence-corrected chi connectivity index (χ2v) is 11.6. The number of likely N-dealkylation sites (tertiary alicyclic amines) is 1. The molecule has 2 aromatic rings. The number of methoxy groups -OCH3 is 1. The van der Waals surface area contributed by atoms with Gasteiger partial charge in [0, 0.05) is 33.9 Å². The van der Waals surface area contributed by atoms with Gasteiger partial charge in [-0.2, -0.15) is 0 Å². The average molecular weight is 466 g/mol. The van der Waals surface area contributed by atoms with Gasteiger partial charge in [0.2, 0.25) is 4.45 Å². The van der Waals surface area contributed by atoms with Crippen molar-refractivity contribution in [2.75, 3.05) is 20.7 Å². The van der Waals surface area contributed by atoms with Crippen molar-refractivity contribution in [2.45, 2.75) is 41.4 Å². The fourth-order valence-corrected chi connectivity index (χ4v) is 8.63. The monoisotopic (exact) mass is 465 g/mol. The Morgan fingerprint density at radius 2 is 2.06 bits per heavy atom. The molecular weight excluding hydrogens is 438 g/mol. The molecule has 2 aromatic carbocycles. The Kier molecular flexibility index (Phi) is 5.08. The van der Waals surface area contributed by atoms with Gasteiger partial charge in [-0.15, -0.1) is 0 Å². The number of thioether (sulfide) groups is 2. The molecule has 0 saturated carbocycles. The van der Waals surface area contributed by atoms with Crippen LogP contribution in [0.3, 0.4) is 0 Å². The molecule has 4 nitrogen and oxygen atoms in total. The number of carbonyl (C=O) groups excluding carboxylic acids is 1. The summed E-state index contributed by atoms with van der Waals surface area (Å²) >= 11 is 2.93. The zero-order valence-electron chi connectivity index (χ0n) is 18.3. The van der Waals surface area contributed by atoms with Crippen molar-refractivity contribution < 1.29 is 14.3 Å². The summed E-state index contributed by atoms with van der Waals surface area (Å²) in [4.78, 5) is 15.5. The smallest absolute Gasteiger partial charge is 0.246 e. The summed E-state index contributed by atoms with van der Waals surface area (Å²) < 4.78 is 12.4. The standard InChI is InChI=1S/C26H27NO3S2/c1-27-13-12-26-21-11-10-20(32-25(28)31-15-16-6-4-3-5-7-16)23(26)18(27)14-17-8-9-19(29-2)24(30-21)22(17)26/h3-11,18,20-21,23H,12-15H2,1-2H3/t18-,20-,21+,23-,26-/m1/s1. The molecule has 2 aliphatic heterocycles. The second-order valence-electron chi connectivity index (χ2n) is 9.23. The fraction of sp³-hybridized carbons (Fsp3) is 0.423. The van der Waals surface area contributed by atoms with Gasteiger partial charge in [0.05, 0.1) is 7.11 Å². The molecule has 6 rings (SSSR count). The van der Waals surface area contributed by atoms with Crippen molar-refractivity contribution in [1.29, 1.82) is 0 Å². The number of benzene rings is 2. The van der Waals surface area contributed by atoms with E-state index < -0.39 is 0 Å². The molecule has 6 heteroatoms. The Morgan fingerprint density at radius 1 is 1.22 bits per heavy atom. The van der Waals surface area contributed by atoms with Gasteiger partial charge in [-0.3, -0.25) is 4.79 Å². The molecule has 1 saturated heterocycles. The summed E-state index contributed by atoms with van der Waals surface area (Å²) in [5.74, 6) is 2.83. The van der Waals surface area contributed by atoms with E-state index in [1.165, 1.54) is 40.2 Å². The van der Waals surface area contributed by atoms with Crippen LogP contribution in [0.5, 0.6) is 11.5 Å². The van der Waals surface area contributed by atoms with E-state index in [9.17, 15) is 4.79 Å². The number of rotatable bonds is 4. The van der Waals surface area contributed by atoms with Crippen LogP contribution in [0.15, 0.2) is 54.6 Å². The minimum Gasteiger partial charge on any atom is -0.493 e. The first kappa shape index (κ1) is 20.7. The van der Waals surface area contributed by atoms with Crippen molar-refractivity contribution in [3.05, 3.63) is 71.3 Å². The maximum atomic E-state index is 13.0. The molecule has 4 aliphatic rings. The van der Waals surface area contributed by atoms with Crippen molar-refractivity contribution in [1.82, 2.24) is 4.90 Å². The predicted octanol–water partition coefficient (Wildman–Crippen LogP) is 5.30. The van der Waals surface area contributed by atoms with E-state index in [0.29, 0.717) is 12.0 Å². The number of hydrogen-bond acceptors (Lipinski definition) is 6. The van der Waals surface area contributed by atoms with Gasteiger partial charge < -0.3 is 14.4 Å². The third kappa shape index (κ3) is 2.99. The molecule has 2 bridgehead atoms. The van der Waals surface area contributed by atoms with E-state index in [2.05, 4.69) is 48.4 Å². The summed E-state index contributed by atoms with van der Waals surface area (Å²) in [5.41, 5.74) is 3.87. The lowest BCUT2D eigenvalue weighted by Gasteiger charge is -2.58. The first-order chi connectivity index (χ1) is 15.6. The summed E-state index contributed by atoms with van der Waals surface area (Å²) in [6.07, 6.45) is 6.55. The van der Waals surface area contributed by atoms with Crippen LogP contribution in [0.25, 0.3) is 0 Å². The molecule has 0 unspecified atom stereocenters. The van der Waals surface area contributed by atoms with Crippen LogP contribution < -0.4 is 9.47 Å². The van der Waals surface area contributed by atoms with E-state index in [-0.39, 0.29) is 21.2 Å². The fourth-order valence-electron chi connectivity index (χ4n) is 6.41. The SMILES string of the molecule is COc1ccc2c3c1O[C@H]1C=C[C@@H](SC(=O)SCc4ccccc4)[C@H]4[C@@H](C2)N(C)CC[C@@]341. The summed E-state index contributed by atoms with van der Waals surface area (Å²) in [7, 11) is 3.96. The highest BCUT2D eigenvalue weighted by molar-refractivity contribution is 8.38. The van der Waals surface area contributed by atoms with E-state index >= 15 is 0 Å². The first-order valence-electron chi connectivity index (χ1n) is 11.2. The minimum atomic E-state index is -0.0641. The quantitative estimate of drug-likeness (QED) is 0.571. The average Bonchev–Trinajstić information content (AvgIpc) is 3.15. The lowest BCUT2D eigenvalue weighted by Crippen LogP contribution is -2.65. The van der Waals surface area contributed by atoms with E-state index in [1.54, 1.807) is 7.11 Å². The normalized spacial score (nSPS) is 31.7. The molecule has 0 aromatic heterocycles. The van der Waals surface area contributed by atoms with Crippen molar-refractivity contribution in [3.63, 3.8) is 0 Å². The maximum Gasteiger partial charge on any atom is 0.246 e. The third-order valence-corrected chi connectivity index (χ3v) is 10.1. The molecule has 32 heavy (non-hydrogen) atoms. The Bertz CT molecular complexity index is 1090. The molecule has 0 radical (unpaired) electrons. The molecule has 0 N–H and O–H groups in total. The number of likely N-dealkylation sites (N-methyl/N-ethyl adjacent to an activating group) is 1. The van der Waals surface area contributed by atoms with Crippen LogP contribution in [-0.4, -0.2) is 47.4 Å². The van der Waals surface area contributed by atoms with Crippen LogP contribution in [0.4, 0.5) is 4.79 Å². The molecule has 2 aliphatic carbocycles. The highest BCUT2D eigenvalue weighted by Gasteiger charge is 2.64. The van der Waals surface area contributed by atoms with Gasteiger partial charge >= 0.3 is 0 Å². The number of hydrogen-bond donors (Lipinski definition) is 0. The maximum absolute atomic E-state index is 13.0. The Morgan fingerprint density at radius 3 is 2.88 bits per heavy atom. The van der Waals surface area contributed by atoms with Crippen molar-refractivity contribution >= 4 is 28.0 Å². The van der Waals surface area contributed by atoms with Gasteiger partial charge in [-0.05, 0) is 49.7 Å². The van der Waals surface area contributed by atoms with E-state index in [4.69, 9.17) is 9.47 Å². The topological polar surface area (TPSA) is 38.8 Å². The van der Waals surface area contributed by atoms with Gasteiger partial charge in [0.15, 0.2) is 11.5 Å². The Balaban J connectivity index is 1.33. The molecule has 1 fully saturated rings. The second kappa shape index (κ2) is 7.86. The summed E-state index contributed by atoms with van der Waals surface area (Å²) in [6, 6.07) is 14.9. The van der Waals surface area contributed by atoms with E-state index in [1.807, 2.05) is 18.2 Å². The lowest BCUT2D eigenvalue weighted by molar-refractivity contribution is -0.000970. The number of ether oxygens (including phenoxy) is 2. The first-order valence-corrected chi connectivity index (χ1v) is 13.1. The van der Waals surface area contributed by atoms with E-state index in [0.717, 1.165) is 36.6 Å². The van der Waals surface area contributed by atoms with Crippen molar-refractivity contribution in [3.8, 4) is 11.5 Å². The highest BCUT2D eigenvalue weighted by atomic mass is 32.2. The summed E-state index contributed by atoms with van der Waals surface area (Å²) in [5, 5.41) is 0.156. The van der Waals surface area contributed by atoms with Gasteiger partial charge in [0.25, 0.3) is 0 Å². The Labute approximate surface area is 197 Å². The molecule has 1 spiro atoms. The minimum absolute atomic E-state index is 0.0259. The zero-order chi connectivity index (χ0) is 21.9. The van der Waals surface area contributed by atoms with Gasteiger partial charge in [-0.1, -0.05) is 66.0 Å². The molecular formula is C26H27NO3S2. The summed E-state index contributed by atoms with van der Waals surface area (Å²) in [6.45, 7) is 1.05. The highest BCUT2D eigenvalue weighted by Crippen LogP contribution is 2.63. The Hall–Kier alpha value is -1.89. The van der Waals surface area contributed by atoms with Crippen LogP contribution in [-0.2, 0) is 17.6 Å². The van der Waals surface area contributed by atoms with Crippen LogP contribution in [0, 0.1) is 5.92 Å². The number of carbonyl (C=O) groups is 1. The zero-order valence-corrected chi connectivity index (χ0v) is 20.0. The van der Waals surface area contributed by atoms with Crippen LogP contribution >= 0.6 is 23.5 Å².